The van der Waals surface area contributed by atoms with Crippen molar-refractivity contribution in [3.8, 4) is 17.3 Å². The van der Waals surface area contributed by atoms with E-state index in [2.05, 4.69) is 27.1 Å². The third-order valence-electron chi connectivity index (χ3n) is 3.33. The molecule has 0 aliphatic heterocycles. The van der Waals surface area contributed by atoms with E-state index in [1.807, 2.05) is 38.2 Å². The second-order valence-corrected chi connectivity index (χ2v) is 5.13. The van der Waals surface area contributed by atoms with E-state index in [1.54, 1.807) is 6.20 Å². The highest BCUT2D eigenvalue weighted by Crippen LogP contribution is 2.29. The van der Waals surface area contributed by atoms with E-state index in [9.17, 15) is 0 Å². The normalized spacial score (nSPS) is 11.6. The number of hydrogen-bond acceptors (Lipinski definition) is 2. The Kier molecular flexibility index (Phi) is 2.42. The molecule has 0 saturated heterocycles. The molecule has 0 fully saturated rings. The highest BCUT2D eigenvalue weighted by molar-refractivity contribution is 5.94. The van der Waals surface area contributed by atoms with Gasteiger partial charge in [-0.25, -0.2) is 4.98 Å². The molecule has 4 nitrogen and oxygen atoms in total. The van der Waals surface area contributed by atoms with E-state index >= 15 is 0 Å². The molecule has 4 heteroatoms. The first-order valence-corrected chi connectivity index (χ1v) is 6.15. The standard InChI is InChI=1S/C15H14N4/c1-15(2,9-16)14-18-8-13(19-14)11-7-17-12-6-4-3-5-10(11)12/h3-8,17H,1-2H3,(H,18,19). The van der Waals surface area contributed by atoms with Crippen molar-refractivity contribution in [1.29, 1.82) is 5.26 Å². The van der Waals surface area contributed by atoms with Crippen LogP contribution in [-0.4, -0.2) is 15.0 Å². The average Bonchev–Trinajstić information content (AvgIpc) is 3.05. The highest BCUT2D eigenvalue weighted by atomic mass is 14.9. The van der Waals surface area contributed by atoms with E-state index in [4.69, 9.17) is 5.26 Å². The van der Waals surface area contributed by atoms with Gasteiger partial charge >= 0.3 is 0 Å². The fourth-order valence-electron chi connectivity index (χ4n) is 2.12. The summed E-state index contributed by atoms with van der Waals surface area (Å²) in [6.45, 7) is 3.70. The van der Waals surface area contributed by atoms with Crippen molar-refractivity contribution in [3.63, 3.8) is 0 Å². The molecule has 3 aromatic rings. The summed E-state index contributed by atoms with van der Waals surface area (Å²) in [5.74, 6) is 0.690. The Morgan fingerprint density at radius 3 is 2.84 bits per heavy atom. The SMILES string of the molecule is CC(C)(C#N)c1ncc(-c2c[nH]c3ccccc23)[nH]1. The van der Waals surface area contributed by atoms with Crippen molar-refractivity contribution in [3.05, 3.63) is 42.5 Å². The third-order valence-corrected chi connectivity index (χ3v) is 3.33. The van der Waals surface area contributed by atoms with E-state index < -0.39 is 5.41 Å². The summed E-state index contributed by atoms with van der Waals surface area (Å²) in [5.41, 5.74) is 2.48. The van der Waals surface area contributed by atoms with Crippen LogP contribution in [0.5, 0.6) is 0 Å². The monoisotopic (exact) mass is 250 g/mol. The first kappa shape index (κ1) is 11.5. The van der Waals surface area contributed by atoms with Crippen molar-refractivity contribution in [1.82, 2.24) is 15.0 Å². The molecule has 0 radical (unpaired) electrons. The summed E-state index contributed by atoms with van der Waals surface area (Å²) < 4.78 is 0. The fourth-order valence-corrected chi connectivity index (χ4v) is 2.12. The molecule has 2 N–H and O–H groups in total. The lowest BCUT2D eigenvalue weighted by atomic mass is 9.95. The van der Waals surface area contributed by atoms with Crippen molar-refractivity contribution in [2.24, 2.45) is 0 Å². The zero-order valence-corrected chi connectivity index (χ0v) is 10.9. The summed E-state index contributed by atoms with van der Waals surface area (Å²) in [5, 5.41) is 10.3. The number of benzene rings is 1. The smallest absolute Gasteiger partial charge is 0.126 e. The van der Waals surface area contributed by atoms with Crippen LogP contribution >= 0.6 is 0 Å². The van der Waals surface area contributed by atoms with Crippen molar-refractivity contribution < 1.29 is 0 Å². The zero-order valence-electron chi connectivity index (χ0n) is 10.9. The summed E-state index contributed by atoms with van der Waals surface area (Å²) in [4.78, 5) is 10.8. The van der Waals surface area contributed by atoms with Crippen LogP contribution in [0.3, 0.4) is 0 Å². The van der Waals surface area contributed by atoms with Gasteiger partial charge in [0.15, 0.2) is 0 Å². The molecule has 0 aliphatic carbocycles. The lowest BCUT2D eigenvalue weighted by molar-refractivity contribution is 0.640. The topological polar surface area (TPSA) is 68.3 Å². The number of aromatic amines is 2. The Morgan fingerprint density at radius 1 is 1.26 bits per heavy atom. The predicted molar refractivity (Wildman–Crippen MR) is 74.5 cm³/mol. The second-order valence-electron chi connectivity index (χ2n) is 5.13. The lowest BCUT2D eigenvalue weighted by Gasteiger charge is -2.10. The summed E-state index contributed by atoms with van der Waals surface area (Å²) in [7, 11) is 0. The van der Waals surface area contributed by atoms with Crippen molar-refractivity contribution >= 4 is 10.9 Å². The molecule has 19 heavy (non-hydrogen) atoms. The van der Waals surface area contributed by atoms with Crippen molar-refractivity contribution in [2.75, 3.05) is 0 Å². The quantitative estimate of drug-likeness (QED) is 0.732. The van der Waals surface area contributed by atoms with Crippen molar-refractivity contribution in [2.45, 2.75) is 19.3 Å². The van der Waals surface area contributed by atoms with Gasteiger partial charge in [-0.15, -0.1) is 0 Å². The van der Waals surface area contributed by atoms with Crippen LogP contribution in [-0.2, 0) is 5.41 Å². The summed E-state index contributed by atoms with van der Waals surface area (Å²) >= 11 is 0. The maximum Gasteiger partial charge on any atom is 0.126 e. The van der Waals surface area contributed by atoms with Gasteiger partial charge < -0.3 is 9.97 Å². The highest BCUT2D eigenvalue weighted by Gasteiger charge is 2.23. The predicted octanol–water partition coefficient (Wildman–Crippen LogP) is 3.36. The number of imidazole rings is 1. The minimum atomic E-state index is -0.607. The molecule has 3 rings (SSSR count). The molecule has 2 aromatic heterocycles. The van der Waals surface area contributed by atoms with Gasteiger partial charge in [0.25, 0.3) is 0 Å². The molecule has 94 valence electrons. The second kappa shape index (κ2) is 3.99. The van der Waals surface area contributed by atoms with Crippen LogP contribution in [0.1, 0.15) is 19.7 Å². The van der Waals surface area contributed by atoms with Gasteiger partial charge in [-0.2, -0.15) is 5.26 Å². The third kappa shape index (κ3) is 1.80. The Balaban J connectivity index is 2.11. The molecule has 0 bridgehead atoms. The molecule has 0 unspecified atom stereocenters. The number of para-hydroxylation sites is 1. The van der Waals surface area contributed by atoms with Gasteiger partial charge in [0.05, 0.1) is 18.0 Å². The maximum absolute atomic E-state index is 9.14. The largest absolute Gasteiger partial charge is 0.360 e. The number of H-pyrrole nitrogens is 2. The van der Waals surface area contributed by atoms with Crippen LogP contribution in [0.4, 0.5) is 0 Å². The number of aromatic nitrogens is 3. The van der Waals surface area contributed by atoms with Gasteiger partial charge in [-0.3, -0.25) is 0 Å². The molecule has 2 heterocycles. The van der Waals surface area contributed by atoms with Crippen LogP contribution in [0.25, 0.3) is 22.2 Å². The van der Waals surface area contributed by atoms with Crippen LogP contribution < -0.4 is 0 Å². The van der Waals surface area contributed by atoms with E-state index in [-0.39, 0.29) is 0 Å². The number of rotatable bonds is 2. The van der Waals surface area contributed by atoms with E-state index in [0.717, 1.165) is 22.2 Å². The molecule has 0 saturated carbocycles. The summed E-state index contributed by atoms with van der Waals surface area (Å²) in [6, 6.07) is 10.4. The van der Waals surface area contributed by atoms with Gasteiger partial charge in [0, 0.05) is 22.7 Å². The number of hydrogen-bond donors (Lipinski definition) is 2. The average molecular weight is 250 g/mol. The maximum atomic E-state index is 9.14. The minimum Gasteiger partial charge on any atom is -0.360 e. The van der Waals surface area contributed by atoms with Gasteiger partial charge in [0.1, 0.15) is 11.2 Å². The number of nitrogens with one attached hydrogen (secondary N) is 2. The molecule has 0 amide bonds. The van der Waals surface area contributed by atoms with Crippen LogP contribution in [0, 0.1) is 11.3 Å². The molecular formula is C15H14N4. The Bertz CT molecular complexity index is 771. The molecule has 0 atom stereocenters. The first-order chi connectivity index (χ1) is 9.12. The molecule has 1 aromatic carbocycles. The number of fused-ring (bicyclic) bond motifs is 1. The minimum absolute atomic E-state index is 0.607. The van der Waals surface area contributed by atoms with E-state index in [1.165, 1.54) is 0 Å². The summed E-state index contributed by atoms with van der Waals surface area (Å²) in [6.07, 6.45) is 3.74. The van der Waals surface area contributed by atoms with Gasteiger partial charge in [-0.05, 0) is 19.9 Å². The Labute approximate surface area is 111 Å². The molecule has 0 aliphatic rings. The number of nitriles is 1. The van der Waals surface area contributed by atoms with Gasteiger partial charge in [0.2, 0.25) is 0 Å². The zero-order chi connectivity index (χ0) is 13.5. The lowest BCUT2D eigenvalue weighted by Crippen LogP contribution is -2.15. The van der Waals surface area contributed by atoms with Gasteiger partial charge in [-0.1, -0.05) is 18.2 Å². The molecule has 0 spiro atoms. The molecular weight excluding hydrogens is 236 g/mol. The van der Waals surface area contributed by atoms with Crippen LogP contribution in [0.2, 0.25) is 0 Å². The fraction of sp³-hybridized carbons (Fsp3) is 0.200. The Hall–Kier alpha value is -2.54. The van der Waals surface area contributed by atoms with Crippen LogP contribution in [0.15, 0.2) is 36.7 Å². The first-order valence-electron chi connectivity index (χ1n) is 6.15. The van der Waals surface area contributed by atoms with E-state index in [0.29, 0.717) is 5.82 Å². The Morgan fingerprint density at radius 2 is 2.05 bits per heavy atom. The number of nitrogens with zero attached hydrogens (tertiary/aromatic N) is 2.